The number of pyridine rings is 1. The van der Waals surface area contributed by atoms with Gasteiger partial charge in [-0.1, -0.05) is 6.58 Å². The Balaban J connectivity index is 1.22. The normalized spacial score (nSPS) is 23.2. The van der Waals surface area contributed by atoms with E-state index >= 15 is 13.2 Å². The molecule has 0 unspecified atom stereocenters. The van der Waals surface area contributed by atoms with Crippen molar-refractivity contribution in [1.82, 2.24) is 24.8 Å². The maximum Gasteiger partial charge on any atom is 0.412 e. The largest absolute Gasteiger partial charge is 0.461 e. The van der Waals surface area contributed by atoms with Crippen LogP contribution in [0.5, 0.6) is 6.01 Å². The number of hydrogen-bond acceptors (Lipinski definition) is 12. The van der Waals surface area contributed by atoms with Gasteiger partial charge in [-0.3, -0.25) is 15.2 Å². The molecule has 3 aromatic heterocycles. The number of halogens is 5. The van der Waals surface area contributed by atoms with Gasteiger partial charge in [-0.25, -0.2) is 22.8 Å². The number of carbonyl (C=O) groups excluding carboxylic acids is 2. The number of fused-ring (bicyclic) bond motifs is 4. The fourth-order valence-electron chi connectivity index (χ4n) is 9.96. The van der Waals surface area contributed by atoms with E-state index in [1.165, 1.54) is 0 Å². The van der Waals surface area contributed by atoms with Crippen molar-refractivity contribution in [3.8, 4) is 23.3 Å². The Kier molecular flexibility index (Phi) is 9.56. The topological polar surface area (TPSA) is 146 Å². The summed E-state index contributed by atoms with van der Waals surface area (Å²) in [6, 6.07) is 1.30. The molecular weight excluding hydrogens is 836 g/mol. The molecule has 2 amide bonds. The van der Waals surface area contributed by atoms with Gasteiger partial charge in [0, 0.05) is 36.2 Å². The van der Waals surface area contributed by atoms with Crippen molar-refractivity contribution in [2.24, 2.45) is 0 Å². The first-order valence-corrected chi connectivity index (χ1v) is 21.0. The van der Waals surface area contributed by atoms with Crippen LogP contribution >= 0.6 is 11.3 Å². The lowest BCUT2D eigenvalue weighted by molar-refractivity contribution is 0.0200. The van der Waals surface area contributed by atoms with Gasteiger partial charge < -0.3 is 24.0 Å². The maximum absolute atomic E-state index is 17.7. The minimum Gasteiger partial charge on any atom is -0.461 e. The molecule has 3 atom stereocenters. The molecule has 1 spiro atoms. The number of aromatic nitrogens is 3. The molecular formula is C43H43F5N8O5S. The summed E-state index contributed by atoms with van der Waals surface area (Å²) in [7, 11) is 0. The molecule has 9 rings (SSSR count). The summed E-state index contributed by atoms with van der Waals surface area (Å²) in [5, 5.41) is 12.5. The second kappa shape index (κ2) is 14.2. The first kappa shape index (κ1) is 41.7. The summed E-state index contributed by atoms with van der Waals surface area (Å²) in [6.07, 6.45) is -0.501. The molecule has 2 bridgehead atoms. The monoisotopic (exact) mass is 878 g/mol. The lowest BCUT2D eigenvalue weighted by Gasteiger charge is -2.42. The molecule has 0 aliphatic carbocycles. The van der Waals surface area contributed by atoms with Gasteiger partial charge in [-0.05, 0) is 85.8 Å². The fraction of sp³-hybridized carbons (Fsp3) is 0.488. The number of amides is 2. The Labute approximate surface area is 357 Å². The molecule has 326 valence electrons. The van der Waals surface area contributed by atoms with E-state index in [1.807, 2.05) is 15.9 Å². The van der Waals surface area contributed by atoms with Gasteiger partial charge in [0.2, 0.25) is 0 Å². The smallest absolute Gasteiger partial charge is 0.412 e. The number of rotatable bonds is 5. The lowest BCUT2D eigenvalue weighted by Crippen LogP contribution is -2.56. The zero-order valence-corrected chi connectivity index (χ0v) is 35.7. The van der Waals surface area contributed by atoms with E-state index in [-0.39, 0.29) is 105 Å². The van der Waals surface area contributed by atoms with Crippen LogP contribution in [0.3, 0.4) is 0 Å². The second-order valence-corrected chi connectivity index (χ2v) is 19.8. The van der Waals surface area contributed by atoms with Gasteiger partial charge in [0.15, 0.2) is 11.6 Å². The van der Waals surface area contributed by atoms with E-state index in [9.17, 15) is 23.6 Å². The van der Waals surface area contributed by atoms with E-state index < -0.39 is 69.3 Å². The third kappa shape index (κ3) is 6.68. The first-order valence-electron chi connectivity index (χ1n) is 20.2. The molecule has 5 aliphatic rings. The van der Waals surface area contributed by atoms with Crippen molar-refractivity contribution in [1.29, 1.82) is 5.26 Å². The molecule has 1 N–H and O–H groups in total. The minimum atomic E-state index is -1.73. The van der Waals surface area contributed by atoms with Crippen molar-refractivity contribution in [3.05, 3.63) is 53.0 Å². The molecule has 5 aliphatic heterocycles. The summed E-state index contributed by atoms with van der Waals surface area (Å²) in [4.78, 5) is 45.3. The van der Waals surface area contributed by atoms with Crippen molar-refractivity contribution in [3.63, 3.8) is 0 Å². The van der Waals surface area contributed by atoms with Crippen LogP contribution in [-0.2, 0) is 9.47 Å². The van der Waals surface area contributed by atoms with Gasteiger partial charge in [-0.15, -0.1) is 11.3 Å². The van der Waals surface area contributed by atoms with Gasteiger partial charge in [-0.2, -0.15) is 24.0 Å². The molecule has 4 saturated heterocycles. The molecule has 19 heteroatoms. The Bertz CT molecular complexity index is 2720. The quantitative estimate of drug-likeness (QED) is 0.192. The van der Waals surface area contributed by atoms with Crippen molar-refractivity contribution in [2.75, 3.05) is 43.0 Å². The third-order valence-electron chi connectivity index (χ3n) is 12.3. The first-order chi connectivity index (χ1) is 29.1. The molecule has 1 aromatic carbocycles. The molecule has 4 fully saturated rings. The molecule has 0 radical (unpaired) electrons. The number of benzene rings is 1. The fourth-order valence-corrected chi connectivity index (χ4v) is 11.0. The van der Waals surface area contributed by atoms with Gasteiger partial charge >= 0.3 is 18.2 Å². The van der Waals surface area contributed by atoms with E-state index in [0.29, 0.717) is 30.7 Å². The predicted molar refractivity (Wildman–Crippen MR) is 221 cm³/mol. The highest BCUT2D eigenvalue weighted by atomic mass is 32.1. The summed E-state index contributed by atoms with van der Waals surface area (Å²) < 4.78 is 95.9. The zero-order chi connectivity index (χ0) is 44.4. The number of thiophene rings is 1. The van der Waals surface area contributed by atoms with Gasteiger partial charge in [0.1, 0.15) is 46.0 Å². The van der Waals surface area contributed by atoms with Crippen LogP contribution in [0.25, 0.3) is 37.8 Å². The van der Waals surface area contributed by atoms with E-state index in [1.54, 1.807) is 46.4 Å². The summed E-state index contributed by atoms with van der Waals surface area (Å²) in [5.74, 6) is -3.12. The number of hydrogen-bond donors (Lipinski definition) is 1. The number of anilines is 2. The Hall–Kier alpha value is -5.61. The standard InChI is InChI=1S/C43H43F5N8O5S/c1-20-11-43-13-22(55(18-43)39(58)61-41(5,6)7)17-56(43)35-27-25(20)29(45)28(31-26-23(14-49)36(53-38(57)60-40(2,3)4)62-33(26)24(44)15-50-31)30(46)32(27)51-37(52-35)59-19-42-9-8-10-54(42)16-21(12-42)34(47)48/h15,22H,1,8-13,16-19H2,2-7H3,(H,53,57)/t22-,42+,43-/m1/s1. The minimum absolute atomic E-state index is 0.0166. The molecule has 0 saturated carbocycles. The third-order valence-corrected chi connectivity index (χ3v) is 13.4. The predicted octanol–water partition coefficient (Wildman–Crippen LogP) is 9.30. The molecule has 62 heavy (non-hydrogen) atoms. The molecule has 13 nitrogen and oxygen atoms in total. The van der Waals surface area contributed by atoms with Crippen molar-refractivity contribution in [2.45, 2.75) is 102 Å². The van der Waals surface area contributed by atoms with E-state index in [4.69, 9.17) is 19.2 Å². The average molecular weight is 879 g/mol. The number of likely N-dealkylation sites (tertiary alicyclic amines) is 1. The number of piperazine rings is 1. The van der Waals surface area contributed by atoms with Crippen LogP contribution in [0.4, 0.5) is 42.4 Å². The van der Waals surface area contributed by atoms with Gasteiger partial charge in [0.25, 0.3) is 6.08 Å². The number of ether oxygens (including phenoxy) is 3. The Morgan fingerprint density at radius 2 is 1.79 bits per heavy atom. The highest BCUT2D eigenvalue weighted by Gasteiger charge is 2.59. The number of carbonyl (C=O) groups is 2. The van der Waals surface area contributed by atoms with Crippen molar-refractivity contribution < 1.29 is 45.8 Å². The zero-order valence-electron chi connectivity index (χ0n) is 34.9. The number of nitriles is 1. The number of nitrogens with one attached hydrogen (secondary N) is 1. The highest BCUT2D eigenvalue weighted by Crippen LogP contribution is 2.55. The molecule has 4 aromatic rings. The summed E-state index contributed by atoms with van der Waals surface area (Å²) >= 11 is 0.674. The van der Waals surface area contributed by atoms with Crippen LogP contribution < -0.4 is 15.0 Å². The van der Waals surface area contributed by atoms with Crippen LogP contribution in [0.1, 0.15) is 84.8 Å². The Morgan fingerprint density at radius 3 is 2.48 bits per heavy atom. The van der Waals surface area contributed by atoms with Gasteiger partial charge in [0.05, 0.1) is 50.2 Å². The summed E-state index contributed by atoms with van der Waals surface area (Å²) in [6.45, 7) is 15.4. The van der Waals surface area contributed by atoms with Crippen LogP contribution in [0, 0.1) is 28.8 Å². The van der Waals surface area contributed by atoms with Crippen LogP contribution in [0.15, 0.2) is 24.4 Å². The van der Waals surface area contributed by atoms with Crippen LogP contribution in [0.2, 0.25) is 0 Å². The van der Waals surface area contributed by atoms with E-state index in [0.717, 1.165) is 12.6 Å². The Morgan fingerprint density at radius 1 is 1.05 bits per heavy atom. The maximum atomic E-state index is 17.7. The SMILES string of the molecule is C=C1C[C@]23C[C@H](CN2c2nc(OC[C@@]45CCCN4CC(=C(F)F)C5)nc4c(F)c(-c5ncc(F)c6sc(NC(=O)OC(C)(C)C)c(C#N)c56)c(F)c1c24)N(C(=O)OC(C)(C)C)C3. The van der Waals surface area contributed by atoms with E-state index in [2.05, 4.69) is 21.9 Å². The van der Waals surface area contributed by atoms with Crippen LogP contribution in [-0.4, -0.2) is 98.0 Å². The second-order valence-electron chi connectivity index (χ2n) is 18.8. The average Bonchev–Trinajstić information content (AvgIpc) is 3.97. The lowest BCUT2D eigenvalue weighted by atomic mass is 9.87. The molecule has 8 heterocycles. The number of nitrogens with zero attached hydrogens (tertiary/aromatic N) is 7. The summed E-state index contributed by atoms with van der Waals surface area (Å²) in [5.41, 5.74) is -5.12. The van der Waals surface area contributed by atoms with Crippen molar-refractivity contribution >= 4 is 60.9 Å². The highest BCUT2D eigenvalue weighted by molar-refractivity contribution is 7.23.